The molecule has 2 aromatic carbocycles. The first kappa shape index (κ1) is 22.9. The number of aryl methyl sites for hydroxylation is 3. The van der Waals surface area contributed by atoms with Gasteiger partial charge in [0.1, 0.15) is 11.3 Å². The smallest absolute Gasteiger partial charge is 0.296 e. The van der Waals surface area contributed by atoms with Crippen molar-refractivity contribution in [2.45, 2.75) is 59.3 Å². The van der Waals surface area contributed by atoms with Crippen molar-refractivity contribution < 1.29 is 4.52 Å². The van der Waals surface area contributed by atoms with Gasteiger partial charge in [0.2, 0.25) is 0 Å². The molecule has 0 spiro atoms. The van der Waals surface area contributed by atoms with Crippen molar-refractivity contribution in [2.75, 3.05) is 0 Å². The molecule has 190 valence electrons. The summed E-state index contributed by atoms with van der Waals surface area (Å²) in [6.07, 6.45) is 4.18. The minimum atomic E-state index is -0.550. The van der Waals surface area contributed by atoms with Crippen LogP contribution < -0.4 is 5.76 Å². The van der Waals surface area contributed by atoms with E-state index in [9.17, 15) is 4.79 Å². The van der Waals surface area contributed by atoms with Crippen LogP contribution in [0.1, 0.15) is 76.4 Å². The minimum absolute atomic E-state index is 0.459. The number of fused-ring (bicyclic) bond motifs is 3. The van der Waals surface area contributed by atoms with Crippen LogP contribution in [-0.2, 0) is 12.8 Å². The van der Waals surface area contributed by atoms with Crippen LogP contribution in [0, 0.1) is 20.8 Å². The van der Waals surface area contributed by atoms with Crippen LogP contribution in [-0.4, -0.2) is 24.7 Å². The second-order valence-electron chi connectivity index (χ2n) is 10.7. The molecule has 0 aliphatic heterocycles. The molecule has 0 amide bonds. The van der Waals surface area contributed by atoms with Gasteiger partial charge in [-0.15, -0.1) is 0 Å². The van der Waals surface area contributed by atoms with Crippen LogP contribution in [0.15, 0.2) is 51.8 Å². The number of hydrogen-bond acceptors (Lipinski definition) is 5. The van der Waals surface area contributed by atoms with E-state index >= 15 is 0 Å². The maximum atomic E-state index is 11.8. The standard InChI is InChI=1S/C31H29N5O2/c1-16-15-17(2)32-30-27(16)33-29(21-9-10-21)36(30)25-14-13-24-22(18(25)3)12-11-20-7-5-6-8-23(20)26(24)19(4)28-34-31(37)38-35-28/h5-8,13-15,21H,9-12H2,1-4H3,(H,34,35,37)/b26-19+. The first-order valence-electron chi connectivity index (χ1n) is 13.3. The molecule has 7 nitrogen and oxygen atoms in total. The Morgan fingerprint density at radius 1 is 1.03 bits per heavy atom. The molecule has 1 saturated carbocycles. The van der Waals surface area contributed by atoms with Crippen molar-refractivity contribution in [1.82, 2.24) is 24.7 Å². The number of aromatic amines is 1. The Kier molecular flexibility index (Phi) is 5.05. The van der Waals surface area contributed by atoms with E-state index in [4.69, 9.17) is 14.5 Å². The molecular weight excluding hydrogens is 474 g/mol. The van der Waals surface area contributed by atoms with Crippen molar-refractivity contribution in [2.24, 2.45) is 0 Å². The van der Waals surface area contributed by atoms with Gasteiger partial charge in [0.25, 0.3) is 0 Å². The topological polar surface area (TPSA) is 89.6 Å². The lowest BCUT2D eigenvalue weighted by molar-refractivity contribution is 0.385. The summed E-state index contributed by atoms with van der Waals surface area (Å²) in [4.78, 5) is 24.6. The maximum Gasteiger partial charge on any atom is 0.439 e. The monoisotopic (exact) mass is 503 g/mol. The van der Waals surface area contributed by atoms with E-state index in [1.165, 1.54) is 40.7 Å². The molecule has 3 heterocycles. The molecule has 0 saturated heterocycles. The van der Waals surface area contributed by atoms with Crippen molar-refractivity contribution in [3.63, 3.8) is 0 Å². The SMILES string of the molecule is C/C(=C1/c2ccccc2CCc2c1ccc(-n1c(C3CC3)nc3c(C)cc(C)nc31)c2C)c1noc(=O)[nH]1. The highest BCUT2D eigenvalue weighted by molar-refractivity contribution is 5.99. The molecule has 0 unspecified atom stereocenters. The number of imidazole rings is 1. The van der Waals surface area contributed by atoms with Gasteiger partial charge in [-0.1, -0.05) is 35.5 Å². The Morgan fingerprint density at radius 3 is 2.61 bits per heavy atom. The highest BCUT2D eigenvalue weighted by atomic mass is 16.5. The molecule has 2 aliphatic rings. The van der Waals surface area contributed by atoms with Crippen LogP contribution in [0.5, 0.6) is 0 Å². The average molecular weight is 504 g/mol. The van der Waals surface area contributed by atoms with Crippen LogP contribution in [0.4, 0.5) is 0 Å². The van der Waals surface area contributed by atoms with Gasteiger partial charge in [-0.05, 0) is 104 Å². The van der Waals surface area contributed by atoms with E-state index < -0.39 is 5.76 Å². The van der Waals surface area contributed by atoms with E-state index in [1.54, 1.807) is 0 Å². The quantitative estimate of drug-likeness (QED) is 0.327. The van der Waals surface area contributed by atoms with E-state index in [0.717, 1.165) is 57.9 Å². The summed E-state index contributed by atoms with van der Waals surface area (Å²) in [6.45, 7) is 8.40. The van der Waals surface area contributed by atoms with Gasteiger partial charge in [-0.2, -0.15) is 0 Å². The minimum Gasteiger partial charge on any atom is -0.296 e. The predicted octanol–water partition coefficient (Wildman–Crippen LogP) is 5.98. The van der Waals surface area contributed by atoms with Crippen LogP contribution in [0.3, 0.4) is 0 Å². The second kappa shape index (κ2) is 8.38. The summed E-state index contributed by atoms with van der Waals surface area (Å²) in [5, 5.41) is 4.01. The third-order valence-electron chi connectivity index (χ3n) is 8.08. The number of aromatic nitrogens is 5. The Morgan fingerprint density at radius 2 is 1.84 bits per heavy atom. The molecule has 7 heteroatoms. The zero-order valence-electron chi connectivity index (χ0n) is 22.1. The fourth-order valence-electron chi connectivity index (χ4n) is 6.07. The van der Waals surface area contributed by atoms with Gasteiger partial charge in [0.15, 0.2) is 11.5 Å². The van der Waals surface area contributed by atoms with E-state index in [-0.39, 0.29) is 0 Å². The number of pyridine rings is 1. The summed E-state index contributed by atoms with van der Waals surface area (Å²) in [5.74, 6) is 1.51. The van der Waals surface area contributed by atoms with Crippen molar-refractivity contribution >= 4 is 22.3 Å². The summed E-state index contributed by atoms with van der Waals surface area (Å²) in [5.41, 5.74) is 13.4. The van der Waals surface area contributed by atoms with Crippen LogP contribution >= 0.6 is 0 Å². The lowest BCUT2D eigenvalue weighted by Gasteiger charge is -2.20. The number of nitrogens with zero attached hydrogens (tertiary/aromatic N) is 4. The fraction of sp³-hybridized carbons (Fsp3) is 0.290. The Labute approximate surface area is 220 Å². The van der Waals surface area contributed by atoms with E-state index in [0.29, 0.717) is 11.7 Å². The fourth-order valence-corrected chi connectivity index (χ4v) is 6.07. The predicted molar refractivity (Wildman–Crippen MR) is 148 cm³/mol. The maximum absolute atomic E-state index is 11.8. The Balaban J connectivity index is 1.50. The second-order valence-corrected chi connectivity index (χ2v) is 10.7. The van der Waals surface area contributed by atoms with Crippen molar-refractivity contribution in [3.8, 4) is 5.69 Å². The lowest BCUT2D eigenvalue weighted by Crippen LogP contribution is -2.07. The molecule has 0 radical (unpaired) electrons. The Hall–Kier alpha value is -4.26. The third-order valence-corrected chi connectivity index (χ3v) is 8.08. The summed E-state index contributed by atoms with van der Waals surface area (Å²) in [6, 6.07) is 15.1. The number of rotatable bonds is 3. The highest BCUT2D eigenvalue weighted by Crippen LogP contribution is 2.44. The normalized spacial score (nSPS) is 16.3. The molecule has 38 heavy (non-hydrogen) atoms. The Bertz CT molecular complexity index is 1850. The number of H-pyrrole nitrogens is 1. The summed E-state index contributed by atoms with van der Waals surface area (Å²) >= 11 is 0. The van der Waals surface area contributed by atoms with Gasteiger partial charge in [-0.25, -0.2) is 14.8 Å². The zero-order valence-corrected chi connectivity index (χ0v) is 22.1. The highest BCUT2D eigenvalue weighted by Gasteiger charge is 2.32. The lowest BCUT2D eigenvalue weighted by atomic mass is 9.88. The van der Waals surface area contributed by atoms with Gasteiger partial charge in [0.05, 0.1) is 5.69 Å². The van der Waals surface area contributed by atoms with E-state index in [2.05, 4.69) is 77.9 Å². The van der Waals surface area contributed by atoms with E-state index in [1.807, 2.05) is 6.92 Å². The first-order valence-corrected chi connectivity index (χ1v) is 13.3. The van der Waals surface area contributed by atoms with Gasteiger partial charge in [-0.3, -0.25) is 14.1 Å². The van der Waals surface area contributed by atoms with Gasteiger partial charge in [0, 0.05) is 17.2 Å². The molecule has 0 atom stereocenters. The first-order chi connectivity index (χ1) is 18.4. The molecule has 1 fully saturated rings. The molecular formula is C31H29N5O2. The molecule has 0 bridgehead atoms. The summed E-state index contributed by atoms with van der Waals surface area (Å²) in [7, 11) is 0. The van der Waals surface area contributed by atoms with Gasteiger partial charge < -0.3 is 0 Å². The third kappa shape index (κ3) is 3.49. The van der Waals surface area contributed by atoms with Crippen molar-refractivity contribution in [3.05, 3.63) is 104 Å². The van der Waals surface area contributed by atoms with Crippen LogP contribution in [0.25, 0.3) is 28.0 Å². The van der Waals surface area contributed by atoms with Crippen molar-refractivity contribution in [1.29, 1.82) is 0 Å². The average Bonchev–Trinajstić information content (AvgIpc) is 3.58. The number of benzene rings is 2. The van der Waals surface area contributed by atoms with Crippen LogP contribution in [0.2, 0.25) is 0 Å². The summed E-state index contributed by atoms with van der Waals surface area (Å²) < 4.78 is 7.18. The number of allylic oxidation sites excluding steroid dienone is 1. The zero-order chi connectivity index (χ0) is 26.1. The molecule has 1 N–H and O–H groups in total. The number of nitrogens with one attached hydrogen (secondary N) is 1. The number of hydrogen-bond donors (Lipinski definition) is 1. The molecule has 7 rings (SSSR count). The largest absolute Gasteiger partial charge is 0.439 e. The molecule has 3 aromatic heterocycles. The molecule has 5 aromatic rings. The molecule has 2 aliphatic carbocycles. The van der Waals surface area contributed by atoms with Gasteiger partial charge >= 0.3 is 5.76 Å².